The first-order valence-corrected chi connectivity index (χ1v) is 5.65. The quantitative estimate of drug-likeness (QED) is 0.470. The van der Waals surface area contributed by atoms with E-state index in [1.54, 1.807) is 10.9 Å². The maximum atomic E-state index is 11.0. The fourth-order valence-corrected chi connectivity index (χ4v) is 1.57. The molecule has 0 aliphatic rings. The third-order valence-electron chi connectivity index (χ3n) is 2.39. The molecular formula is C12H14N4O2. The number of rotatable bonds is 4. The topological polar surface area (TPSA) is 69.4 Å². The second kappa shape index (κ2) is 4.95. The van der Waals surface area contributed by atoms with Gasteiger partial charge in [0.2, 0.25) is 0 Å². The van der Waals surface area contributed by atoms with E-state index in [0.29, 0.717) is 35.2 Å². The van der Waals surface area contributed by atoms with Crippen molar-refractivity contribution >= 4 is 23.0 Å². The zero-order chi connectivity index (χ0) is 13.1. The SMILES string of the molecule is CCn1ncc2c(ON=C(C)C)c(C=O)cnc21. The van der Waals surface area contributed by atoms with Crippen molar-refractivity contribution in [2.75, 3.05) is 0 Å². The van der Waals surface area contributed by atoms with Gasteiger partial charge in [0.25, 0.3) is 0 Å². The van der Waals surface area contributed by atoms with Gasteiger partial charge in [-0.1, -0.05) is 5.16 Å². The normalized spacial score (nSPS) is 10.4. The number of hydrogen-bond donors (Lipinski definition) is 0. The largest absolute Gasteiger partial charge is 0.355 e. The van der Waals surface area contributed by atoms with E-state index in [1.807, 2.05) is 20.8 Å². The van der Waals surface area contributed by atoms with Crippen LogP contribution in [0.5, 0.6) is 5.75 Å². The Morgan fingerprint density at radius 1 is 1.50 bits per heavy atom. The van der Waals surface area contributed by atoms with Crippen LogP contribution < -0.4 is 4.84 Å². The molecular weight excluding hydrogens is 232 g/mol. The summed E-state index contributed by atoms with van der Waals surface area (Å²) in [5.74, 6) is 0.399. The van der Waals surface area contributed by atoms with Crippen molar-refractivity contribution in [1.82, 2.24) is 14.8 Å². The molecule has 0 aromatic carbocycles. The lowest BCUT2D eigenvalue weighted by atomic mass is 10.2. The molecule has 6 heteroatoms. The molecule has 2 aromatic rings. The molecule has 2 heterocycles. The average Bonchev–Trinajstić information content (AvgIpc) is 2.78. The third-order valence-corrected chi connectivity index (χ3v) is 2.39. The van der Waals surface area contributed by atoms with Crippen molar-refractivity contribution in [1.29, 1.82) is 0 Å². The molecule has 0 unspecified atom stereocenters. The molecule has 0 saturated carbocycles. The standard InChI is InChI=1S/C12H14N4O2/c1-4-16-12-10(6-14-16)11(18-15-8(2)3)9(7-17)5-13-12/h5-7H,4H2,1-3H3. The maximum absolute atomic E-state index is 11.0. The van der Waals surface area contributed by atoms with Gasteiger partial charge in [0, 0.05) is 12.7 Å². The summed E-state index contributed by atoms with van der Waals surface area (Å²) >= 11 is 0. The molecule has 94 valence electrons. The molecule has 0 aliphatic carbocycles. The van der Waals surface area contributed by atoms with E-state index in [9.17, 15) is 4.79 Å². The van der Waals surface area contributed by atoms with E-state index in [1.165, 1.54) is 6.20 Å². The van der Waals surface area contributed by atoms with Crippen LogP contribution in [-0.4, -0.2) is 26.8 Å². The van der Waals surface area contributed by atoms with E-state index in [0.717, 1.165) is 5.71 Å². The van der Waals surface area contributed by atoms with E-state index >= 15 is 0 Å². The summed E-state index contributed by atoms with van der Waals surface area (Å²) < 4.78 is 1.74. The summed E-state index contributed by atoms with van der Waals surface area (Å²) in [4.78, 5) is 20.5. The molecule has 2 aromatic heterocycles. The molecule has 0 radical (unpaired) electrons. The predicted octanol–water partition coefficient (Wildman–Crippen LogP) is 2.04. The van der Waals surface area contributed by atoms with Gasteiger partial charge in [-0.3, -0.25) is 4.79 Å². The Balaban J connectivity index is 2.62. The number of oxime groups is 1. The highest BCUT2D eigenvalue weighted by Gasteiger charge is 2.14. The second-order valence-electron chi connectivity index (χ2n) is 3.99. The van der Waals surface area contributed by atoms with Crippen LogP contribution in [0.3, 0.4) is 0 Å². The molecule has 2 rings (SSSR count). The molecule has 0 spiro atoms. The summed E-state index contributed by atoms with van der Waals surface area (Å²) in [6.45, 7) is 6.30. The Morgan fingerprint density at radius 3 is 2.89 bits per heavy atom. The molecule has 0 N–H and O–H groups in total. The van der Waals surface area contributed by atoms with E-state index in [-0.39, 0.29) is 0 Å². The minimum atomic E-state index is 0.364. The number of aromatic nitrogens is 3. The number of carbonyl (C=O) groups is 1. The molecule has 18 heavy (non-hydrogen) atoms. The Hall–Kier alpha value is -2.24. The Morgan fingerprint density at radius 2 is 2.28 bits per heavy atom. The van der Waals surface area contributed by atoms with E-state index < -0.39 is 0 Å². The maximum Gasteiger partial charge on any atom is 0.182 e. The van der Waals surface area contributed by atoms with Gasteiger partial charge in [-0.2, -0.15) is 5.10 Å². The Kier molecular flexibility index (Phi) is 3.36. The second-order valence-corrected chi connectivity index (χ2v) is 3.99. The summed E-state index contributed by atoms with van der Waals surface area (Å²) in [6.07, 6.45) is 3.80. The zero-order valence-electron chi connectivity index (χ0n) is 10.5. The lowest BCUT2D eigenvalue weighted by Gasteiger charge is -2.04. The van der Waals surface area contributed by atoms with Crippen LogP contribution >= 0.6 is 0 Å². The highest BCUT2D eigenvalue weighted by atomic mass is 16.6. The van der Waals surface area contributed by atoms with Gasteiger partial charge in [-0.25, -0.2) is 9.67 Å². The first-order valence-electron chi connectivity index (χ1n) is 5.65. The number of aldehydes is 1. The molecule has 6 nitrogen and oxygen atoms in total. The highest BCUT2D eigenvalue weighted by molar-refractivity contribution is 5.92. The lowest BCUT2D eigenvalue weighted by Crippen LogP contribution is -1.99. The number of hydrogen-bond acceptors (Lipinski definition) is 5. The van der Waals surface area contributed by atoms with Crippen LogP contribution in [0.15, 0.2) is 17.5 Å². The van der Waals surface area contributed by atoms with Crippen LogP contribution in [0, 0.1) is 0 Å². The highest BCUT2D eigenvalue weighted by Crippen LogP contribution is 2.27. The molecule has 0 amide bonds. The first kappa shape index (κ1) is 12.2. The van der Waals surface area contributed by atoms with E-state index in [4.69, 9.17) is 4.84 Å². The smallest absolute Gasteiger partial charge is 0.182 e. The Labute approximate surface area is 104 Å². The van der Waals surface area contributed by atoms with Crippen LogP contribution in [0.2, 0.25) is 0 Å². The van der Waals surface area contributed by atoms with Crippen LogP contribution in [0.4, 0.5) is 0 Å². The third kappa shape index (κ3) is 2.09. The fourth-order valence-electron chi connectivity index (χ4n) is 1.57. The van der Waals surface area contributed by atoms with Gasteiger partial charge in [0.15, 0.2) is 17.7 Å². The summed E-state index contributed by atoms with van der Waals surface area (Å²) in [5.41, 5.74) is 1.81. The van der Waals surface area contributed by atoms with Crippen LogP contribution in [0.1, 0.15) is 31.1 Å². The Bertz CT molecular complexity index is 612. The first-order chi connectivity index (χ1) is 8.67. The number of nitrogens with zero attached hydrogens (tertiary/aromatic N) is 4. The molecule has 0 atom stereocenters. The molecule has 0 aliphatic heterocycles. The van der Waals surface area contributed by atoms with Gasteiger partial charge >= 0.3 is 0 Å². The van der Waals surface area contributed by atoms with Crippen molar-refractivity contribution in [3.63, 3.8) is 0 Å². The average molecular weight is 246 g/mol. The number of carbonyl (C=O) groups excluding carboxylic acids is 1. The number of aryl methyl sites for hydroxylation is 1. The zero-order valence-corrected chi connectivity index (χ0v) is 10.5. The van der Waals surface area contributed by atoms with Crippen molar-refractivity contribution in [2.24, 2.45) is 5.16 Å². The van der Waals surface area contributed by atoms with Gasteiger partial charge in [-0.05, 0) is 20.8 Å². The van der Waals surface area contributed by atoms with Gasteiger partial charge in [-0.15, -0.1) is 0 Å². The van der Waals surface area contributed by atoms with Crippen molar-refractivity contribution in [2.45, 2.75) is 27.3 Å². The number of pyridine rings is 1. The summed E-state index contributed by atoms with van der Waals surface area (Å²) in [7, 11) is 0. The van der Waals surface area contributed by atoms with Crippen molar-refractivity contribution < 1.29 is 9.63 Å². The summed E-state index contributed by atoms with van der Waals surface area (Å²) in [6, 6.07) is 0. The summed E-state index contributed by atoms with van der Waals surface area (Å²) in [5, 5.41) is 8.75. The van der Waals surface area contributed by atoms with Gasteiger partial charge in [0.05, 0.1) is 22.9 Å². The minimum absolute atomic E-state index is 0.364. The lowest BCUT2D eigenvalue weighted by molar-refractivity contribution is 0.111. The van der Waals surface area contributed by atoms with Gasteiger partial charge in [0.1, 0.15) is 0 Å². The predicted molar refractivity (Wildman–Crippen MR) is 68.0 cm³/mol. The monoisotopic (exact) mass is 246 g/mol. The molecule has 0 fully saturated rings. The number of fused-ring (bicyclic) bond motifs is 1. The van der Waals surface area contributed by atoms with Gasteiger partial charge < -0.3 is 4.84 Å². The minimum Gasteiger partial charge on any atom is -0.355 e. The molecule has 0 bridgehead atoms. The van der Waals surface area contributed by atoms with Crippen LogP contribution in [0.25, 0.3) is 11.0 Å². The van der Waals surface area contributed by atoms with Crippen molar-refractivity contribution in [3.8, 4) is 5.75 Å². The van der Waals surface area contributed by atoms with Crippen molar-refractivity contribution in [3.05, 3.63) is 18.0 Å². The van der Waals surface area contributed by atoms with Crippen LogP contribution in [-0.2, 0) is 6.54 Å². The fraction of sp³-hybridized carbons (Fsp3) is 0.333. The molecule has 0 saturated heterocycles. The van der Waals surface area contributed by atoms with E-state index in [2.05, 4.69) is 15.2 Å².